The van der Waals surface area contributed by atoms with E-state index >= 15 is 0 Å². The van der Waals surface area contributed by atoms with Crippen LogP contribution >= 0.6 is 11.8 Å². The second-order valence-electron chi connectivity index (χ2n) is 6.38. The summed E-state index contributed by atoms with van der Waals surface area (Å²) in [4.78, 5) is 12.5. The predicted octanol–water partition coefficient (Wildman–Crippen LogP) is 3.85. The lowest BCUT2D eigenvalue weighted by Gasteiger charge is -2.13. The number of benzene rings is 2. The average Bonchev–Trinajstić information content (AvgIpc) is 3.08. The molecule has 0 unspecified atom stereocenters. The van der Waals surface area contributed by atoms with Crippen molar-refractivity contribution in [3.8, 4) is 5.69 Å². The van der Waals surface area contributed by atoms with Crippen LogP contribution in [0.1, 0.15) is 23.6 Å². The topological polar surface area (TPSA) is 72.7 Å². The van der Waals surface area contributed by atoms with Crippen LogP contribution in [0.5, 0.6) is 0 Å². The van der Waals surface area contributed by atoms with Crippen molar-refractivity contribution in [3.63, 3.8) is 0 Å². The van der Waals surface area contributed by atoms with Crippen LogP contribution in [0.15, 0.2) is 41.6 Å². The SMILES string of the molecule is Cc1ccc(C)c(-n2nnnc2S[C@@H](C)C(=O)Nc2ccc(C)c(F)c2)c1. The zero-order chi connectivity index (χ0) is 19.6. The molecule has 1 N–H and O–H groups in total. The Labute approximate surface area is 161 Å². The number of aryl methyl sites for hydroxylation is 3. The molecule has 3 aromatic rings. The predicted molar refractivity (Wildman–Crippen MR) is 104 cm³/mol. The molecule has 0 aliphatic rings. The molecule has 0 saturated carbocycles. The number of nitrogens with zero attached hydrogens (tertiary/aromatic N) is 4. The van der Waals surface area contributed by atoms with Crippen LogP contribution in [0.3, 0.4) is 0 Å². The van der Waals surface area contributed by atoms with E-state index in [-0.39, 0.29) is 11.7 Å². The summed E-state index contributed by atoms with van der Waals surface area (Å²) in [6.45, 7) is 7.41. The molecule has 8 heteroatoms. The third-order valence-corrected chi connectivity index (χ3v) is 5.16. The lowest BCUT2D eigenvalue weighted by molar-refractivity contribution is -0.115. The van der Waals surface area contributed by atoms with Gasteiger partial charge in [-0.15, -0.1) is 5.10 Å². The van der Waals surface area contributed by atoms with Gasteiger partial charge in [-0.2, -0.15) is 4.68 Å². The van der Waals surface area contributed by atoms with E-state index in [9.17, 15) is 9.18 Å². The van der Waals surface area contributed by atoms with Gasteiger partial charge in [0.15, 0.2) is 0 Å². The minimum atomic E-state index is -0.468. The summed E-state index contributed by atoms with van der Waals surface area (Å²) in [5.41, 5.74) is 3.94. The molecular formula is C19H20FN5OS. The van der Waals surface area contributed by atoms with Gasteiger partial charge in [0.1, 0.15) is 5.82 Å². The minimum absolute atomic E-state index is 0.251. The van der Waals surface area contributed by atoms with Gasteiger partial charge in [-0.05, 0) is 73.0 Å². The number of carbonyl (C=O) groups excluding carboxylic acids is 1. The Balaban J connectivity index is 1.75. The Morgan fingerprint density at radius 3 is 2.63 bits per heavy atom. The van der Waals surface area contributed by atoms with Crippen LogP contribution in [0.2, 0.25) is 0 Å². The van der Waals surface area contributed by atoms with Gasteiger partial charge >= 0.3 is 0 Å². The van der Waals surface area contributed by atoms with E-state index in [0.717, 1.165) is 16.8 Å². The van der Waals surface area contributed by atoms with Crippen molar-refractivity contribution in [2.75, 3.05) is 5.32 Å². The second kappa shape index (κ2) is 7.87. The third-order valence-electron chi connectivity index (χ3n) is 4.12. The summed E-state index contributed by atoms with van der Waals surface area (Å²) >= 11 is 1.24. The maximum Gasteiger partial charge on any atom is 0.237 e. The first-order valence-electron chi connectivity index (χ1n) is 8.45. The molecule has 1 aromatic heterocycles. The highest BCUT2D eigenvalue weighted by molar-refractivity contribution is 8.00. The fourth-order valence-electron chi connectivity index (χ4n) is 2.48. The molecule has 0 bridgehead atoms. The van der Waals surface area contributed by atoms with E-state index in [1.807, 2.05) is 32.0 Å². The van der Waals surface area contributed by atoms with Gasteiger partial charge in [0.05, 0.1) is 10.9 Å². The summed E-state index contributed by atoms with van der Waals surface area (Å²) in [6, 6.07) is 10.6. The van der Waals surface area contributed by atoms with Gasteiger partial charge in [-0.3, -0.25) is 4.79 Å². The van der Waals surface area contributed by atoms with Gasteiger partial charge < -0.3 is 5.32 Å². The van der Waals surface area contributed by atoms with Crippen molar-refractivity contribution in [2.45, 2.75) is 38.1 Å². The van der Waals surface area contributed by atoms with Crippen molar-refractivity contribution in [3.05, 3.63) is 58.9 Å². The number of nitrogens with one attached hydrogen (secondary N) is 1. The Kier molecular flexibility index (Phi) is 5.55. The van der Waals surface area contributed by atoms with Crippen molar-refractivity contribution < 1.29 is 9.18 Å². The maximum absolute atomic E-state index is 13.7. The number of amides is 1. The van der Waals surface area contributed by atoms with E-state index in [1.54, 1.807) is 30.7 Å². The van der Waals surface area contributed by atoms with Gasteiger partial charge in [-0.1, -0.05) is 30.0 Å². The minimum Gasteiger partial charge on any atom is -0.325 e. The monoisotopic (exact) mass is 385 g/mol. The van der Waals surface area contributed by atoms with E-state index < -0.39 is 5.25 Å². The molecule has 0 fully saturated rings. The standard InChI is InChI=1S/C19H20FN5OS/c1-11-5-6-13(3)17(9-11)25-19(22-23-24-25)27-14(4)18(26)21-15-8-7-12(2)16(20)10-15/h5-10,14H,1-4H3,(H,21,26)/t14-/m0/s1. The number of hydrogen-bond donors (Lipinski definition) is 1. The number of rotatable bonds is 5. The first-order chi connectivity index (χ1) is 12.8. The number of aromatic nitrogens is 4. The van der Waals surface area contributed by atoms with Gasteiger partial charge in [0, 0.05) is 5.69 Å². The maximum atomic E-state index is 13.7. The third kappa shape index (κ3) is 4.33. The molecule has 0 spiro atoms. The van der Waals surface area contributed by atoms with Crippen molar-refractivity contribution in [1.82, 2.24) is 20.2 Å². The Hall–Kier alpha value is -2.74. The van der Waals surface area contributed by atoms with Crippen LogP contribution in [-0.4, -0.2) is 31.4 Å². The molecule has 27 heavy (non-hydrogen) atoms. The molecule has 0 aliphatic heterocycles. The van der Waals surface area contributed by atoms with Crippen LogP contribution in [0.25, 0.3) is 5.69 Å². The zero-order valence-corrected chi connectivity index (χ0v) is 16.3. The van der Waals surface area contributed by atoms with Crippen molar-refractivity contribution in [1.29, 1.82) is 0 Å². The number of halogens is 1. The summed E-state index contributed by atoms with van der Waals surface area (Å²) in [5.74, 6) is -0.606. The summed E-state index contributed by atoms with van der Waals surface area (Å²) in [6.07, 6.45) is 0. The summed E-state index contributed by atoms with van der Waals surface area (Å²) in [7, 11) is 0. The Morgan fingerprint density at radius 2 is 1.89 bits per heavy atom. The van der Waals surface area contributed by atoms with E-state index in [4.69, 9.17) is 0 Å². The lowest BCUT2D eigenvalue weighted by Crippen LogP contribution is -2.23. The van der Waals surface area contributed by atoms with Gasteiger partial charge in [-0.25, -0.2) is 4.39 Å². The first-order valence-corrected chi connectivity index (χ1v) is 9.33. The highest BCUT2D eigenvalue weighted by Crippen LogP contribution is 2.26. The number of hydrogen-bond acceptors (Lipinski definition) is 5. The van der Waals surface area contributed by atoms with Crippen LogP contribution in [0.4, 0.5) is 10.1 Å². The molecule has 1 atom stereocenters. The molecule has 3 rings (SSSR count). The Morgan fingerprint density at radius 1 is 1.15 bits per heavy atom. The van der Waals surface area contributed by atoms with Crippen molar-refractivity contribution in [2.24, 2.45) is 0 Å². The zero-order valence-electron chi connectivity index (χ0n) is 15.5. The van der Waals surface area contributed by atoms with Crippen LogP contribution < -0.4 is 5.32 Å². The van der Waals surface area contributed by atoms with Crippen molar-refractivity contribution >= 4 is 23.4 Å². The largest absolute Gasteiger partial charge is 0.325 e. The van der Waals surface area contributed by atoms with E-state index in [2.05, 4.69) is 20.8 Å². The van der Waals surface area contributed by atoms with Crippen LogP contribution in [0, 0.1) is 26.6 Å². The fourth-order valence-corrected chi connectivity index (χ4v) is 3.28. The van der Waals surface area contributed by atoms with Gasteiger partial charge in [0.2, 0.25) is 11.1 Å². The number of tetrazole rings is 1. The number of carbonyl (C=O) groups is 1. The smallest absolute Gasteiger partial charge is 0.237 e. The quantitative estimate of drug-likeness (QED) is 0.676. The number of anilines is 1. The average molecular weight is 385 g/mol. The molecule has 6 nitrogen and oxygen atoms in total. The molecule has 1 amide bonds. The highest BCUT2D eigenvalue weighted by atomic mass is 32.2. The normalized spacial score (nSPS) is 12.0. The molecule has 2 aromatic carbocycles. The van der Waals surface area contributed by atoms with Crippen LogP contribution in [-0.2, 0) is 4.79 Å². The fraction of sp³-hybridized carbons (Fsp3) is 0.263. The number of thioether (sulfide) groups is 1. The first kappa shape index (κ1) is 19.0. The van der Waals surface area contributed by atoms with E-state index in [0.29, 0.717) is 16.4 Å². The van der Waals surface area contributed by atoms with Gasteiger partial charge in [0.25, 0.3) is 0 Å². The Bertz CT molecular complexity index is 988. The lowest BCUT2D eigenvalue weighted by atomic mass is 10.1. The molecule has 0 aliphatic carbocycles. The second-order valence-corrected chi connectivity index (χ2v) is 7.68. The molecule has 140 valence electrons. The molecule has 0 radical (unpaired) electrons. The highest BCUT2D eigenvalue weighted by Gasteiger charge is 2.20. The summed E-state index contributed by atoms with van der Waals surface area (Å²) in [5, 5.41) is 14.6. The summed E-state index contributed by atoms with van der Waals surface area (Å²) < 4.78 is 15.3. The van der Waals surface area contributed by atoms with E-state index in [1.165, 1.54) is 17.8 Å². The molecule has 1 heterocycles. The molecular weight excluding hydrogens is 365 g/mol. The molecule has 0 saturated heterocycles.